The van der Waals surface area contributed by atoms with Crippen molar-refractivity contribution in [3.63, 3.8) is 0 Å². The summed E-state index contributed by atoms with van der Waals surface area (Å²) in [6.07, 6.45) is 9.36. The third-order valence-corrected chi connectivity index (χ3v) is 4.84. The van der Waals surface area contributed by atoms with Crippen molar-refractivity contribution in [3.05, 3.63) is 78.6 Å². The molecule has 0 aliphatic carbocycles. The molecule has 2 unspecified atom stereocenters. The number of carbonyl (C=O) groups is 1. The zero-order valence-electron chi connectivity index (χ0n) is 18.6. The van der Waals surface area contributed by atoms with Crippen LogP contribution in [-0.4, -0.2) is 53.5 Å². The largest absolute Gasteiger partial charge is 0.400 e. The second-order valence-corrected chi connectivity index (χ2v) is 7.13. The summed E-state index contributed by atoms with van der Waals surface area (Å²) in [6, 6.07) is 19.5. The molecule has 1 amide bonds. The predicted octanol–water partition coefficient (Wildman–Crippen LogP) is 2.75. The number of rotatable bonds is 5. The van der Waals surface area contributed by atoms with Crippen LogP contribution in [-0.2, 0) is 22.2 Å². The van der Waals surface area contributed by atoms with E-state index in [4.69, 9.17) is 5.11 Å². The second-order valence-electron chi connectivity index (χ2n) is 7.13. The summed E-state index contributed by atoms with van der Waals surface area (Å²) in [7, 11) is 1.00. The smallest absolute Gasteiger partial charge is 0.220 e. The maximum Gasteiger partial charge on any atom is 0.220 e. The maximum absolute atomic E-state index is 10.1. The Morgan fingerprint density at radius 2 is 1.81 bits per heavy atom. The topological polar surface area (TPSA) is 84.8 Å². The van der Waals surface area contributed by atoms with Crippen LogP contribution in [0, 0.1) is 6.07 Å². The van der Waals surface area contributed by atoms with Gasteiger partial charge in [0.15, 0.2) is 0 Å². The SMILES string of the molecule is CC(O)C1NC=CN1C/C=C/c1ccc(-c2cc[c-]cc2)cc1.CO.O=C1CCCN1.[Cr]. The Balaban J connectivity index is 0.000000487. The summed E-state index contributed by atoms with van der Waals surface area (Å²) in [5, 5.41) is 22.5. The molecule has 2 aliphatic rings. The zero-order valence-corrected chi connectivity index (χ0v) is 19.8. The van der Waals surface area contributed by atoms with E-state index in [0.29, 0.717) is 0 Å². The molecule has 4 N–H and O–H groups in total. The van der Waals surface area contributed by atoms with Gasteiger partial charge in [-0.3, -0.25) is 4.79 Å². The first-order chi connectivity index (χ1) is 15.1. The number of aliphatic hydroxyl groups is 2. The molecule has 4 rings (SSSR count). The van der Waals surface area contributed by atoms with Crippen LogP contribution in [0.15, 0.2) is 67.0 Å². The molecule has 0 saturated carbocycles. The van der Waals surface area contributed by atoms with Gasteiger partial charge in [-0.15, -0.1) is 5.56 Å². The standard InChI is InChI=1S/C20H21N2O.C4H7NO.CH4O.Cr/c1-16(23)20-21-13-15-22(20)14-5-6-17-9-11-19(12-10-17)18-7-3-2-4-8-18;6-4-2-1-3-5-4;1-2;/h3-13,15-16,20-21,23H,14H2,1H3;1-3H2,(H,5,6);2H,1H3;/q-1;;;/b6-5+;;;. The number of carbonyl (C=O) groups excluding carboxylic acids is 1. The van der Waals surface area contributed by atoms with Crippen molar-refractivity contribution in [2.45, 2.75) is 32.0 Å². The fraction of sp³-hybridized carbons (Fsp3) is 0.320. The third-order valence-electron chi connectivity index (χ3n) is 4.84. The van der Waals surface area contributed by atoms with E-state index in [1.807, 2.05) is 24.5 Å². The Hall–Kier alpha value is -2.56. The molecule has 2 aromatic rings. The van der Waals surface area contributed by atoms with Crippen LogP contribution >= 0.6 is 0 Å². The molecule has 172 valence electrons. The molecule has 0 aromatic heterocycles. The average Bonchev–Trinajstić information content (AvgIpc) is 3.48. The molecule has 2 heterocycles. The van der Waals surface area contributed by atoms with Crippen LogP contribution < -0.4 is 10.6 Å². The van der Waals surface area contributed by atoms with Crippen molar-refractivity contribution in [2.24, 2.45) is 0 Å². The normalized spacial score (nSPS) is 17.3. The van der Waals surface area contributed by atoms with E-state index in [1.165, 1.54) is 16.7 Å². The number of nitrogens with zero attached hydrogens (tertiary/aromatic N) is 1. The van der Waals surface area contributed by atoms with Gasteiger partial charge in [-0.05, 0) is 24.5 Å². The minimum absolute atomic E-state index is 0. The second kappa shape index (κ2) is 15.3. The summed E-state index contributed by atoms with van der Waals surface area (Å²) in [5.41, 5.74) is 3.57. The third kappa shape index (κ3) is 8.90. The summed E-state index contributed by atoms with van der Waals surface area (Å²) in [6.45, 7) is 3.44. The van der Waals surface area contributed by atoms with E-state index in [2.05, 4.69) is 70.2 Å². The molecular formula is C25H32CrN3O3-. The fourth-order valence-electron chi connectivity index (χ4n) is 3.26. The van der Waals surface area contributed by atoms with Crippen LogP contribution in [0.1, 0.15) is 25.3 Å². The first-order valence-corrected chi connectivity index (χ1v) is 10.4. The van der Waals surface area contributed by atoms with Crippen molar-refractivity contribution in [1.82, 2.24) is 15.5 Å². The molecule has 2 aromatic carbocycles. The van der Waals surface area contributed by atoms with Gasteiger partial charge < -0.3 is 25.7 Å². The van der Waals surface area contributed by atoms with Gasteiger partial charge in [0.05, 0.1) is 6.10 Å². The Bertz CT molecular complexity index is 831. The van der Waals surface area contributed by atoms with Crippen molar-refractivity contribution in [2.75, 3.05) is 20.2 Å². The monoisotopic (exact) mass is 474 g/mol. The Labute approximate surface area is 201 Å². The van der Waals surface area contributed by atoms with Gasteiger partial charge in [-0.2, -0.15) is 30.3 Å². The quantitative estimate of drug-likeness (QED) is 0.501. The average molecular weight is 475 g/mol. The molecule has 32 heavy (non-hydrogen) atoms. The summed E-state index contributed by atoms with van der Waals surface area (Å²) in [4.78, 5) is 12.2. The van der Waals surface area contributed by atoms with E-state index in [-0.39, 0.29) is 29.4 Å². The minimum atomic E-state index is -0.416. The van der Waals surface area contributed by atoms with Gasteiger partial charge in [0.1, 0.15) is 6.17 Å². The molecule has 0 bridgehead atoms. The van der Waals surface area contributed by atoms with Crippen LogP contribution in [0.3, 0.4) is 0 Å². The first kappa shape index (κ1) is 27.5. The molecular weight excluding hydrogens is 442 g/mol. The number of benzene rings is 2. The molecule has 1 saturated heterocycles. The van der Waals surface area contributed by atoms with Crippen LogP contribution in [0.2, 0.25) is 0 Å². The molecule has 1 fully saturated rings. The Morgan fingerprint density at radius 3 is 2.34 bits per heavy atom. The number of hydrogen-bond donors (Lipinski definition) is 4. The van der Waals surface area contributed by atoms with Gasteiger partial charge in [0, 0.05) is 56.4 Å². The van der Waals surface area contributed by atoms with Gasteiger partial charge in [-0.25, -0.2) is 0 Å². The molecule has 7 heteroatoms. The summed E-state index contributed by atoms with van der Waals surface area (Å²) in [5.74, 6) is 0.204. The van der Waals surface area contributed by atoms with E-state index < -0.39 is 6.10 Å². The van der Waals surface area contributed by atoms with Gasteiger partial charge in [0.2, 0.25) is 5.91 Å². The molecule has 0 spiro atoms. The first-order valence-electron chi connectivity index (χ1n) is 10.4. The molecule has 6 nitrogen and oxygen atoms in total. The van der Waals surface area contributed by atoms with Crippen LogP contribution in [0.5, 0.6) is 0 Å². The van der Waals surface area contributed by atoms with Gasteiger partial charge in [0.25, 0.3) is 0 Å². The van der Waals surface area contributed by atoms with Crippen LogP contribution in [0.4, 0.5) is 0 Å². The van der Waals surface area contributed by atoms with Crippen molar-refractivity contribution >= 4 is 12.0 Å². The predicted molar refractivity (Wildman–Crippen MR) is 125 cm³/mol. The van der Waals surface area contributed by atoms with E-state index >= 15 is 0 Å². The molecule has 2 aliphatic heterocycles. The molecule has 2 atom stereocenters. The van der Waals surface area contributed by atoms with E-state index in [1.54, 1.807) is 6.92 Å². The van der Waals surface area contributed by atoms with Gasteiger partial charge in [-0.1, -0.05) is 36.4 Å². The van der Waals surface area contributed by atoms with Crippen molar-refractivity contribution in [3.8, 4) is 11.1 Å². The van der Waals surface area contributed by atoms with Crippen LogP contribution in [0.25, 0.3) is 17.2 Å². The summed E-state index contributed by atoms with van der Waals surface area (Å²) >= 11 is 0. The number of aliphatic hydroxyl groups excluding tert-OH is 2. The Morgan fingerprint density at radius 1 is 1.16 bits per heavy atom. The van der Waals surface area contributed by atoms with E-state index in [0.717, 1.165) is 33.0 Å². The van der Waals surface area contributed by atoms with Gasteiger partial charge >= 0.3 is 0 Å². The number of amides is 1. The number of hydrogen-bond acceptors (Lipinski definition) is 5. The van der Waals surface area contributed by atoms with Crippen molar-refractivity contribution in [1.29, 1.82) is 0 Å². The zero-order chi connectivity index (χ0) is 22.5. The van der Waals surface area contributed by atoms with Crippen molar-refractivity contribution < 1.29 is 32.4 Å². The number of nitrogens with one attached hydrogen (secondary N) is 2. The minimum Gasteiger partial charge on any atom is -0.400 e. The molecule has 0 radical (unpaired) electrons. The maximum atomic E-state index is 10.1. The fourth-order valence-corrected chi connectivity index (χ4v) is 3.26. The summed E-state index contributed by atoms with van der Waals surface area (Å²) < 4.78 is 0. The van der Waals surface area contributed by atoms with E-state index in [9.17, 15) is 9.90 Å². The Kier molecular flexibility index (Phi) is 13.1.